The Morgan fingerprint density at radius 3 is 2.75 bits per heavy atom. The van der Waals surface area contributed by atoms with E-state index in [-0.39, 0.29) is 12.1 Å². The average molecular weight is 331 g/mol. The van der Waals surface area contributed by atoms with Gasteiger partial charge >= 0.3 is 6.09 Å². The van der Waals surface area contributed by atoms with Crippen molar-refractivity contribution in [3.63, 3.8) is 0 Å². The lowest BCUT2D eigenvalue weighted by atomic mass is 9.96. The van der Waals surface area contributed by atoms with E-state index in [0.717, 1.165) is 45.4 Å². The van der Waals surface area contributed by atoms with Gasteiger partial charge in [0.05, 0.1) is 0 Å². The molecule has 0 bridgehead atoms. The highest BCUT2D eigenvalue weighted by atomic mass is 16.6. The summed E-state index contributed by atoms with van der Waals surface area (Å²) in [6.45, 7) is 9.66. The van der Waals surface area contributed by atoms with Crippen LogP contribution in [0.3, 0.4) is 0 Å². The van der Waals surface area contributed by atoms with E-state index in [4.69, 9.17) is 4.74 Å². The molecule has 0 atom stereocenters. The van der Waals surface area contributed by atoms with Gasteiger partial charge in [0.1, 0.15) is 5.60 Å². The van der Waals surface area contributed by atoms with Gasteiger partial charge in [-0.15, -0.1) is 0 Å². The Bertz CT molecular complexity index is 587. The molecule has 2 N–H and O–H groups in total. The lowest BCUT2D eigenvalue weighted by Crippen LogP contribution is -2.46. The lowest BCUT2D eigenvalue weighted by Gasteiger charge is -2.36. The minimum absolute atomic E-state index is 0.206. The Hall–Kier alpha value is -1.75. The number of alkyl carbamates (subject to hydrolysis) is 1. The molecule has 3 rings (SSSR count). The van der Waals surface area contributed by atoms with Crippen LogP contribution in [-0.4, -0.2) is 37.4 Å². The fraction of sp³-hybridized carbons (Fsp3) is 0.632. The molecule has 1 amide bonds. The second-order valence-electron chi connectivity index (χ2n) is 7.75. The van der Waals surface area contributed by atoms with E-state index in [2.05, 4.69) is 33.7 Å². The largest absolute Gasteiger partial charge is 0.444 e. The first kappa shape index (κ1) is 17.1. The number of carbonyl (C=O) groups is 1. The van der Waals surface area contributed by atoms with Gasteiger partial charge < -0.3 is 20.3 Å². The molecule has 0 aliphatic carbocycles. The number of fused-ring (bicyclic) bond motifs is 1. The first-order valence-corrected chi connectivity index (χ1v) is 8.98. The predicted octanol–water partition coefficient (Wildman–Crippen LogP) is 2.83. The summed E-state index contributed by atoms with van der Waals surface area (Å²) in [6.07, 6.45) is 2.72. The molecule has 0 spiro atoms. The molecule has 5 heteroatoms. The zero-order valence-electron chi connectivity index (χ0n) is 15.0. The van der Waals surface area contributed by atoms with Crippen LogP contribution < -0.4 is 15.5 Å². The summed E-state index contributed by atoms with van der Waals surface area (Å²) in [7, 11) is 0. The molecule has 132 valence electrons. The summed E-state index contributed by atoms with van der Waals surface area (Å²) in [5.41, 5.74) is 3.86. The molecule has 1 saturated heterocycles. The SMILES string of the molecule is CC(C)(C)OC(=O)NC1CCN(c2cccc3c2CCNC3)CC1. The first-order chi connectivity index (χ1) is 11.4. The molecule has 24 heavy (non-hydrogen) atoms. The highest BCUT2D eigenvalue weighted by Gasteiger charge is 2.25. The van der Waals surface area contributed by atoms with Gasteiger partial charge in [0.2, 0.25) is 0 Å². The number of hydrogen-bond donors (Lipinski definition) is 2. The second-order valence-corrected chi connectivity index (χ2v) is 7.75. The quantitative estimate of drug-likeness (QED) is 0.875. The van der Waals surface area contributed by atoms with Gasteiger partial charge in [0.15, 0.2) is 0 Å². The van der Waals surface area contributed by atoms with Crippen molar-refractivity contribution in [2.75, 3.05) is 24.5 Å². The molecule has 2 aliphatic heterocycles. The number of hydrogen-bond acceptors (Lipinski definition) is 4. The predicted molar refractivity (Wildman–Crippen MR) is 96.5 cm³/mol. The van der Waals surface area contributed by atoms with Crippen LogP contribution in [0.25, 0.3) is 0 Å². The van der Waals surface area contributed by atoms with Crippen molar-refractivity contribution in [1.29, 1.82) is 0 Å². The minimum atomic E-state index is -0.443. The molecule has 1 aromatic carbocycles. The van der Waals surface area contributed by atoms with Crippen molar-refractivity contribution in [2.45, 2.75) is 58.2 Å². The molecular weight excluding hydrogens is 302 g/mol. The average Bonchev–Trinajstić information content (AvgIpc) is 2.53. The molecule has 0 unspecified atom stereocenters. The number of nitrogens with one attached hydrogen (secondary N) is 2. The number of carbonyl (C=O) groups excluding carboxylic acids is 1. The van der Waals surface area contributed by atoms with Crippen LogP contribution in [0.5, 0.6) is 0 Å². The van der Waals surface area contributed by atoms with E-state index in [1.54, 1.807) is 0 Å². The lowest BCUT2D eigenvalue weighted by molar-refractivity contribution is 0.0497. The van der Waals surface area contributed by atoms with E-state index in [0.29, 0.717) is 0 Å². The Labute approximate surface area is 144 Å². The van der Waals surface area contributed by atoms with Crippen molar-refractivity contribution < 1.29 is 9.53 Å². The van der Waals surface area contributed by atoms with Gasteiger partial charge in [-0.3, -0.25) is 0 Å². The zero-order valence-corrected chi connectivity index (χ0v) is 15.0. The van der Waals surface area contributed by atoms with Gasteiger partial charge in [0.25, 0.3) is 0 Å². The summed E-state index contributed by atoms with van der Waals surface area (Å²) in [4.78, 5) is 14.4. The van der Waals surface area contributed by atoms with E-state index in [9.17, 15) is 4.79 Å². The van der Waals surface area contributed by atoms with E-state index in [1.165, 1.54) is 16.8 Å². The minimum Gasteiger partial charge on any atom is -0.444 e. The summed E-state index contributed by atoms with van der Waals surface area (Å²) >= 11 is 0. The third kappa shape index (κ3) is 4.20. The van der Waals surface area contributed by atoms with Crippen LogP contribution in [0.15, 0.2) is 18.2 Å². The van der Waals surface area contributed by atoms with Crippen molar-refractivity contribution in [2.24, 2.45) is 0 Å². The Balaban J connectivity index is 1.57. The molecule has 0 radical (unpaired) electrons. The van der Waals surface area contributed by atoms with Crippen LogP contribution in [0, 0.1) is 0 Å². The number of amides is 1. The van der Waals surface area contributed by atoms with E-state index in [1.807, 2.05) is 20.8 Å². The smallest absolute Gasteiger partial charge is 0.407 e. The van der Waals surface area contributed by atoms with Crippen molar-refractivity contribution in [3.05, 3.63) is 29.3 Å². The highest BCUT2D eigenvalue weighted by molar-refractivity contribution is 5.68. The maximum absolute atomic E-state index is 11.9. The van der Waals surface area contributed by atoms with Crippen LogP contribution in [0.2, 0.25) is 0 Å². The molecule has 5 nitrogen and oxygen atoms in total. The fourth-order valence-electron chi connectivity index (χ4n) is 3.55. The van der Waals surface area contributed by atoms with E-state index < -0.39 is 5.60 Å². The van der Waals surface area contributed by atoms with Crippen molar-refractivity contribution >= 4 is 11.8 Å². The number of ether oxygens (including phenoxy) is 1. The third-order valence-electron chi connectivity index (χ3n) is 4.67. The van der Waals surface area contributed by atoms with Gasteiger partial charge in [-0.2, -0.15) is 0 Å². The molecule has 1 aromatic rings. The molecular formula is C19H29N3O2. The van der Waals surface area contributed by atoms with Gasteiger partial charge in [0, 0.05) is 31.4 Å². The van der Waals surface area contributed by atoms with Gasteiger partial charge in [-0.05, 0) is 63.8 Å². The summed E-state index contributed by atoms with van der Waals surface area (Å²) in [6, 6.07) is 6.83. The topological polar surface area (TPSA) is 53.6 Å². The molecule has 0 saturated carbocycles. The normalized spacial score (nSPS) is 18.9. The van der Waals surface area contributed by atoms with Crippen LogP contribution in [-0.2, 0) is 17.7 Å². The molecule has 2 aliphatic rings. The number of nitrogens with zero attached hydrogens (tertiary/aromatic N) is 1. The van der Waals surface area contributed by atoms with Crippen LogP contribution in [0.4, 0.5) is 10.5 Å². The summed E-state index contributed by atoms with van der Waals surface area (Å²) < 4.78 is 5.36. The highest BCUT2D eigenvalue weighted by Crippen LogP contribution is 2.29. The zero-order chi connectivity index (χ0) is 17.2. The van der Waals surface area contributed by atoms with Gasteiger partial charge in [-0.25, -0.2) is 4.79 Å². The van der Waals surface area contributed by atoms with E-state index >= 15 is 0 Å². The second kappa shape index (κ2) is 7.01. The standard InChI is InChI=1S/C19H29N3O2/c1-19(2,3)24-18(23)21-15-8-11-22(12-9-15)17-6-4-5-14-13-20-10-7-16(14)17/h4-6,15,20H,7-13H2,1-3H3,(H,21,23). The van der Waals surface area contributed by atoms with Crippen LogP contribution in [0.1, 0.15) is 44.7 Å². The third-order valence-corrected chi connectivity index (χ3v) is 4.67. The van der Waals surface area contributed by atoms with Gasteiger partial charge in [-0.1, -0.05) is 12.1 Å². The molecule has 1 fully saturated rings. The summed E-state index contributed by atoms with van der Waals surface area (Å²) in [5.74, 6) is 0. The molecule has 2 heterocycles. The number of benzene rings is 1. The fourth-order valence-corrected chi connectivity index (χ4v) is 3.55. The number of anilines is 1. The number of piperidine rings is 1. The van der Waals surface area contributed by atoms with Crippen molar-refractivity contribution in [1.82, 2.24) is 10.6 Å². The van der Waals surface area contributed by atoms with Crippen LogP contribution >= 0.6 is 0 Å². The molecule has 0 aromatic heterocycles. The maximum atomic E-state index is 11.9. The number of rotatable bonds is 2. The first-order valence-electron chi connectivity index (χ1n) is 8.98. The summed E-state index contributed by atoms with van der Waals surface area (Å²) in [5, 5.41) is 6.45. The Kier molecular flexibility index (Phi) is 4.99. The maximum Gasteiger partial charge on any atom is 0.407 e. The van der Waals surface area contributed by atoms with Crippen molar-refractivity contribution in [3.8, 4) is 0 Å². The Morgan fingerprint density at radius 2 is 2.04 bits per heavy atom. The monoisotopic (exact) mass is 331 g/mol. The Morgan fingerprint density at radius 1 is 1.29 bits per heavy atom.